The van der Waals surface area contributed by atoms with Crippen LogP contribution in [0.2, 0.25) is 0 Å². The predicted molar refractivity (Wildman–Crippen MR) is 38.6 cm³/mol. The van der Waals surface area contributed by atoms with Crippen LogP contribution in [0.15, 0.2) is 24.5 Å². The summed E-state index contributed by atoms with van der Waals surface area (Å²) in [6.45, 7) is 0. The minimum Gasteiger partial charge on any atom is -0.378 e. The summed E-state index contributed by atoms with van der Waals surface area (Å²) in [5.41, 5.74) is 1.19. The number of aromatic nitrogens is 1. The first-order valence-electron chi connectivity index (χ1n) is 2.88. The smallest absolute Gasteiger partial charge is 0.0391 e. The van der Waals surface area contributed by atoms with Crippen molar-refractivity contribution in [1.82, 2.24) is 4.98 Å². The van der Waals surface area contributed by atoms with Crippen LogP contribution < -0.4 is 4.90 Å². The Hall–Kier alpha value is -0.544. The molecular formula is C7H10CoN2. The predicted octanol–water partition coefficient (Wildman–Crippen LogP) is 1.15. The van der Waals surface area contributed by atoms with E-state index in [4.69, 9.17) is 0 Å². The van der Waals surface area contributed by atoms with Crippen molar-refractivity contribution < 1.29 is 16.8 Å². The monoisotopic (exact) mass is 181 g/mol. The van der Waals surface area contributed by atoms with Gasteiger partial charge in [-0.05, 0) is 12.1 Å². The van der Waals surface area contributed by atoms with Gasteiger partial charge >= 0.3 is 0 Å². The summed E-state index contributed by atoms with van der Waals surface area (Å²) in [5.74, 6) is 0. The van der Waals surface area contributed by atoms with Gasteiger partial charge in [-0.2, -0.15) is 0 Å². The van der Waals surface area contributed by atoms with Gasteiger partial charge in [0.1, 0.15) is 0 Å². The molecule has 1 radical (unpaired) electrons. The van der Waals surface area contributed by atoms with Crippen LogP contribution in [0, 0.1) is 0 Å². The van der Waals surface area contributed by atoms with Crippen molar-refractivity contribution in [3.05, 3.63) is 24.5 Å². The Bertz CT molecular complexity index is 174. The average molecular weight is 181 g/mol. The second kappa shape index (κ2) is 4.30. The molecule has 1 rings (SSSR count). The molecule has 0 aromatic carbocycles. The fraction of sp³-hybridized carbons (Fsp3) is 0.286. The van der Waals surface area contributed by atoms with Crippen molar-refractivity contribution in [3.63, 3.8) is 0 Å². The second-order valence-corrected chi connectivity index (χ2v) is 2.10. The van der Waals surface area contributed by atoms with Gasteiger partial charge in [-0.1, -0.05) is 0 Å². The minimum absolute atomic E-state index is 0. The van der Waals surface area contributed by atoms with Gasteiger partial charge in [-0.3, -0.25) is 4.98 Å². The average Bonchev–Trinajstić information content (AvgIpc) is 1.90. The summed E-state index contributed by atoms with van der Waals surface area (Å²) in [6.07, 6.45) is 3.57. The second-order valence-electron chi connectivity index (χ2n) is 2.10. The van der Waals surface area contributed by atoms with Gasteiger partial charge < -0.3 is 4.90 Å². The Labute approximate surface area is 71.5 Å². The molecule has 0 spiro atoms. The van der Waals surface area contributed by atoms with Crippen molar-refractivity contribution in [2.24, 2.45) is 0 Å². The molecule has 0 saturated carbocycles. The van der Waals surface area contributed by atoms with E-state index in [1.807, 2.05) is 31.1 Å². The van der Waals surface area contributed by atoms with E-state index in [-0.39, 0.29) is 16.8 Å². The molecule has 0 N–H and O–H groups in total. The first kappa shape index (κ1) is 9.46. The van der Waals surface area contributed by atoms with E-state index in [1.165, 1.54) is 5.69 Å². The van der Waals surface area contributed by atoms with Crippen LogP contribution in [-0.4, -0.2) is 19.1 Å². The Kier molecular flexibility index (Phi) is 4.07. The van der Waals surface area contributed by atoms with E-state index in [2.05, 4.69) is 4.98 Å². The zero-order valence-electron chi connectivity index (χ0n) is 6.04. The summed E-state index contributed by atoms with van der Waals surface area (Å²) in [5, 5.41) is 0. The maximum absolute atomic E-state index is 3.90. The normalized spacial score (nSPS) is 8.20. The molecular weight excluding hydrogens is 171 g/mol. The van der Waals surface area contributed by atoms with Crippen LogP contribution in [-0.2, 0) is 16.8 Å². The third-order valence-corrected chi connectivity index (χ3v) is 1.18. The molecule has 1 aromatic heterocycles. The van der Waals surface area contributed by atoms with Crippen LogP contribution in [0.25, 0.3) is 0 Å². The molecule has 1 aromatic rings. The fourth-order valence-corrected chi connectivity index (χ4v) is 0.642. The Balaban J connectivity index is 0.000000810. The zero-order chi connectivity index (χ0) is 6.69. The van der Waals surface area contributed by atoms with E-state index in [9.17, 15) is 0 Å². The van der Waals surface area contributed by atoms with Crippen LogP contribution >= 0.6 is 0 Å². The van der Waals surface area contributed by atoms with Gasteiger partial charge in [0.15, 0.2) is 0 Å². The molecule has 0 aliphatic rings. The SMILES string of the molecule is CN(C)c1ccncc1.[Co]. The molecule has 0 aliphatic carbocycles. The Morgan fingerprint density at radius 1 is 1.20 bits per heavy atom. The first-order valence-corrected chi connectivity index (χ1v) is 2.88. The quantitative estimate of drug-likeness (QED) is 0.645. The van der Waals surface area contributed by atoms with Gasteiger partial charge in [0.25, 0.3) is 0 Å². The molecule has 0 atom stereocenters. The van der Waals surface area contributed by atoms with Crippen molar-refractivity contribution in [2.45, 2.75) is 0 Å². The van der Waals surface area contributed by atoms with Gasteiger partial charge in [0, 0.05) is 49.0 Å². The number of pyridine rings is 1. The molecule has 0 unspecified atom stereocenters. The first-order chi connectivity index (χ1) is 4.30. The van der Waals surface area contributed by atoms with Crippen molar-refractivity contribution in [3.8, 4) is 0 Å². The van der Waals surface area contributed by atoms with Gasteiger partial charge in [-0.25, -0.2) is 0 Å². The summed E-state index contributed by atoms with van der Waals surface area (Å²) in [7, 11) is 4.02. The van der Waals surface area contributed by atoms with E-state index in [0.717, 1.165) is 0 Å². The molecule has 0 aliphatic heterocycles. The maximum Gasteiger partial charge on any atom is 0.0391 e. The topological polar surface area (TPSA) is 16.1 Å². The van der Waals surface area contributed by atoms with E-state index in [1.54, 1.807) is 12.4 Å². The molecule has 2 nitrogen and oxygen atoms in total. The Morgan fingerprint density at radius 3 is 2.00 bits per heavy atom. The molecule has 3 heteroatoms. The molecule has 10 heavy (non-hydrogen) atoms. The number of anilines is 1. The molecule has 0 bridgehead atoms. The number of rotatable bonds is 1. The standard InChI is InChI=1S/C7H10N2.Co/c1-9(2)7-3-5-8-6-4-7;/h3-6H,1-2H3;. The zero-order valence-corrected chi connectivity index (χ0v) is 7.08. The molecule has 57 valence electrons. The maximum atomic E-state index is 3.90. The third kappa shape index (κ3) is 2.37. The van der Waals surface area contributed by atoms with Gasteiger partial charge in [-0.15, -0.1) is 0 Å². The van der Waals surface area contributed by atoms with E-state index >= 15 is 0 Å². The molecule has 1 heterocycles. The van der Waals surface area contributed by atoms with Crippen molar-refractivity contribution in [1.29, 1.82) is 0 Å². The van der Waals surface area contributed by atoms with Gasteiger partial charge in [0.2, 0.25) is 0 Å². The Morgan fingerprint density at radius 2 is 1.70 bits per heavy atom. The van der Waals surface area contributed by atoms with Crippen LogP contribution in [0.1, 0.15) is 0 Å². The number of nitrogens with zero attached hydrogens (tertiary/aromatic N) is 2. The largest absolute Gasteiger partial charge is 0.378 e. The van der Waals surface area contributed by atoms with Crippen molar-refractivity contribution in [2.75, 3.05) is 19.0 Å². The van der Waals surface area contributed by atoms with Crippen molar-refractivity contribution >= 4 is 5.69 Å². The molecule has 0 saturated heterocycles. The third-order valence-electron chi connectivity index (χ3n) is 1.18. The summed E-state index contributed by atoms with van der Waals surface area (Å²) >= 11 is 0. The van der Waals surface area contributed by atoms with Crippen LogP contribution in [0.3, 0.4) is 0 Å². The summed E-state index contributed by atoms with van der Waals surface area (Å²) in [4.78, 5) is 5.94. The molecule has 0 amide bonds. The van der Waals surface area contributed by atoms with E-state index < -0.39 is 0 Å². The molecule has 0 fully saturated rings. The van der Waals surface area contributed by atoms with Gasteiger partial charge in [0.05, 0.1) is 0 Å². The summed E-state index contributed by atoms with van der Waals surface area (Å²) < 4.78 is 0. The minimum atomic E-state index is 0. The summed E-state index contributed by atoms with van der Waals surface area (Å²) in [6, 6.07) is 3.94. The number of hydrogen-bond donors (Lipinski definition) is 0. The number of hydrogen-bond acceptors (Lipinski definition) is 2. The fourth-order valence-electron chi connectivity index (χ4n) is 0.642. The van der Waals surface area contributed by atoms with Crippen LogP contribution in [0.4, 0.5) is 5.69 Å². The van der Waals surface area contributed by atoms with Crippen LogP contribution in [0.5, 0.6) is 0 Å². The van der Waals surface area contributed by atoms with E-state index in [0.29, 0.717) is 0 Å².